The maximum atomic E-state index is 12.3. The van der Waals surface area contributed by atoms with Gasteiger partial charge in [-0.1, -0.05) is 13.8 Å². The van der Waals surface area contributed by atoms with Crippen LogP contribution in [0.5, 0.6) is 0 Å². The molecule has 1 aromatic carbocycles. The molecule has 0 radical (unpaired) electrons. The average Bonchev–Trinajstić information content (AvgIpc) is 2.48. The highest BCUT2D eigenvalue weighted by atomic mass is 32.2. The Bertz CT molecular complexity index is 628. The average molecular weight is 310 g/mol. The van der Waals surface area contributed by atoms with E-state index in [0.717, 1.165) is 0 Å². The zero-order valence-corrected chi connectivity index (χ0v) is 13.1. The van der Waals surface area contributed by atoms with Crippen LogP contribution in [0.25, 0.3) is 0 Å². The second-order valence-electron chi connectivity index (χ2n) is 4.29. The number of rotatable bonds is 6. The number of carbonyl (C=O) groups is 1. The largest absolute Gasteiger partial charge is 0.444 e. The fourth-order valence-corrected chi connectivity index (χ4v) is 3.19. The molecule has 0 N–H and O–H groups in total. The van der Waals surface area contributed by atoms with Gasteiger partial charge in [-0.05, 0) is 31.2 Å². The maximum absolute atomic E-state index is 12.3. The van der Waals surface area contributed by atoms with Gasteiger partial charge in [-0.2, -0.15) is 9.57 Å². The number of esters is 1. The number of sulfonamides is 1. The van der Waals surface area contributed by atoms with E-state index in [-0.39, 0.29) is 10.5 Å². The summed E-state index contributed by atoms with van der Waals surface area (Å²) in [7, 11) is -3.54. The van der Waals surface area contributed by atoms with Gasteiger partial charge in [0.05, 0.1) is 10.5 Å². The van der Waals surface area contributed by atoms with Gasteiger partial charge in [0, 0.05) is 13.1 Å². The molecule has 0 heterocycles. The van der Waals surface area contributed by atoms with Crippen LogP contribution in [0.3, 0.4) is 0 Å². The number of ether oxygens (including phenoxy) is 1. The van der Waals surface area contributed by atoms with Crippen LogP contribution in [0.2, 0.25) is 0 Å². The third-order valence-electron chi connectivity index (χ3n) is 2.90. The van der Waals surface area contributed by atoms with Gasteiger partial charge in [0.25, 0.3) is 0 Å². The molecule has 6 nitrogen and oxygen atoms in total. The van der Waals surface area contributed by atoms with E-state index < -0.39 is 22.1 Å². The van der Waals surface area contributed by atoms with E-state index in [1.165, 1.54) is 35.5 Å². The van der Waals surface area contributed by atoms with E-state index in [9.17, 15) is 13.2 Å². The molecule has 0 aliphatic carbocycles. The van der Waals surface area contributed by atoms with E-state index in [2.05, 4.69) is 0 Å². The van der Waals surface area contributed by atoms with E-state index in [1.807, 2.05) is 0 Å². The highest BCUT2D eigenvalue weighted by Crippen LogP contribution is 2.16. The predicted octanol–water partition coefficient (Wildman–Crippen LogP) is 1.79. The Balaban J connectivity index is 2.98. The Morgan fingerprint density at radius 3 is 2.24 bits per heavy atom. The van der Waals surface area contributed by atoms with E-state index >= 15 is 0 Å². The van der Waals surface area contributed by atoms with E-state index in [1.54, 1.807) is 19.9 Å². The minimum Gasteiger partial charge on any atom is -0.444 e. The van der Waals surface area contributed by atoms with Crippen molar-refractivity contribution in [2.75, 3.05) is 13.1 Å². The van der Waals surface area contributed by atoms with E-state index in [0.29, 0.717) is 13.1 Å². The van der Waals surface area contributed by atoms with E-state index in [4.69, 9.17) is 10.00 Å². The molecule has 1 rings (SSSR count). The number of nitriles is 1. The van der Waals surface area contributed by atoms with Crippen molar-refractivity contribution in [3.05, 3.63) is 29.8 Å². The molecule has 0 unspecified atom stereocenters. The normalized spacial score (nSPS) is 12.7. The summed E-state index contributed by atoms with van der Waals surface area (Å²) >= 11 is 0. The first-order chi connectivity index (χ1) is 9.86. The zero-order valence-electron chi connectivity index (χ0n) is 12.2. The monoisotopic (exact) mass is 310 g/mol. The van der Waals surface area contributed by atoms with Crippen LogP contribution in [0.1, 0.15) is 31.1 Å². The maximum Gasteiger partial charge on any atom is 0.339 e. The lowest BCUT2D eigenvalue weighted by Gasteiger charge is -2.18. The van der Waals surface area contributed by atoms with Gasteiger partial charge >= 0.3 is 5.97 Å². The van der Waals surface area contributed by atoms with Gasteiger partial charge in [0.15, 0.2) is 6.10 Å². The van der Waals surface area contributed by atoms with Crippen LogP contribution in [0.4, 0.5) is 0 Å². The van der Waals surface area contributed by atoms with Crippen molar-refractivity contribution in [2.45, 2.75) is 31.8 Å². The van der Waals surface area contributed by atoms with Crippen LogP contribution in [-0.4, -0.2) is 37.9 Å². The summed E-state index contributed by atoms with van der Waals surface area (Å²) in [6.07, 6.45) is -0.850. The molecular weight excluding hydrogens is 292 g/mol. The first-order valence-electron chi connectivity index (χ1n) is 6.57. The summed E-state index contributed by atoms with van der Waals surface area (Å²) in [4.78, 5) is 11.8. The standard InChI is InChI=1S/C14H18N2O4S/c1-4-16(5-2)21(18,19)13-8-6-12(7-9-13)14(17)20-11(3)10-15/h6-9,11H,4-5H2,1-3H3/t11-/m0/s1. The van der Waals surface area contributed by atoms with Crippen LogP contribution in [0.15, 0.2) is 29.2 Å². The second kappa shape index (κ2) is 7.20. The summed E-state index contributed by atoms with van der Waals surface area (Å²) in [5.74, 6) is -0.657. The molecular formula is C14H18N2O4S. The molecule has 1 aromatic rings. The third-order valence-corrected chi connectivity index (χ3v) is 4.96. The molecule has 21 heavy (non-hydrogen) atoms. The first kappa shape index (κ1) is 17.1. The van der Waals surface area contributed by atoms with Crippen molar-refractivity contribution in [3.63, 3.8) is 0 Å². The van der Waals surface area contributed by atoms with Crippen LogP contribution >= 0.6 is 0 Å². The van der Waals surface area contributed by atoms with Gasteiger partial charge < -0.3 is 4.74 Å². The fraction of sp³-hybridized carbons (Fsp3) is 0.429. The Morgan fingerprint density at radius 1 is 1.29 bits per heavy atom. The van der Waals surface area contributed by atoms with Crippen molar-refractivity contribution in [2.24, 2.45) is 0 Å². The fourth-order valence-electron chi connectivity index (χ4n) is 1.73. The van der Waals surface area contributed by atoms with Gasteiger partial charge in [-0.3, -0.25) is 0 Å². The molecule has 0 saturated heterocycles. The zero-order chi connectivity index (χ0) is 16.0. The SMILES string of the molecule is CCN(CC)S(=O)(=O)c1ccc(C(=O)O[C@@H](C)C#N)cc1. The topological polar surface area (TPSA) is 87.5 Å². The molecule has 114 valence electrons. The lowest BCUT2D eigenvalue weighted by atomic mass is 10.2. The lowest BCUT2D eigenvalue weighted by molar-refractivity contribution is 0.0435. The van der Waals surface area contributed by atoms with Gasteiger partial charge in [0.2, 0.25) is 10.0 Å². The second-order valence-corrected chi connectivity index (χ2v) is 6.23. The van der Waals surface area contributed by atoms with Crippen molar-refractivity contribution in [3.8, 4) is 6.07 Å². The lowest BCUT2D eigenvalue weighted by Crippen LogP contribution is -2.30. The molecule has 7 heteroatoms. The number of benzene rings is 1. The molecule has 0 saturated carbocycles. The van der Waals surface area contributed by atoms with Gasteiger partial charge in [-0.25, -0.2) is 13.2 Å². The number of nitrogens with zero attached hydrogens (tertiary/aromatic N) is 2. The molecule has 0 amide bonds. The summed E-state index contributed by atoms with van der Waals surface area (Å²) in [6.45, 7) is 5.73. The predicted molar refractivity (Wildman–Crippen MR) is 77.0 cm³/mol. The van der Waals surface area contributed by atoms with Crippen LogP contribution in [0, 0.1) is 11.3 Å². The molecule has 0 aliphatic heterocycles. The van der Waals surface area contributed by atoms with Crippen molar-refractivity contribution in [1.82, 2.24) is 4.31 Å². The minimum atomic E-state index is -3.54. The highest BCUT2D eigenvalue weighted by Gasteiger charge is 2.22. The van der Waals surface area contributed by atoms with Crippen molar-refractivity contribution >= 4 is 16.0 Å². The Hall–Kier alpha value is -1.91. The third kappa shape index (κ3) is 4.03. The van der Waals surface area contributed by atoms with Crippen LogP contribution < -0.4 is 0 Å². The molecule has 0 bridgehead atoms. The molecule has 0 fully saturated rings. The smallest absolute Gasteiger partial charge is 0.339 e. The molecule has 0 aliphatic rings. The summed E-state index contributed by atoms with van der Waals surface area (Å²) in [6, 6.07) is 7.27. The summed E-state index contributed by atoms with van der Waals surface area (Å²) in [5, 5.41) is 8.58. The summed E-state index contributed by atoms with van der Waals surface area (Å²) < 4.78 is 30.7. The Morgan fingerprint density at radius 2 is 1.81 bits per heavy atom. The van der Waals surface area contributed by atoms with Gasteiger partial charge in [0.1, 0.15) is 6.07 Å². The quantitative estimate of drug-likeness (QED) is 0.747. The molecule has 1 atom stereocenters. The number of hydrogen-bond acceptors (Lipinski definition) is 5. The number of carbonyl (C=O) groups excluding carboxylic acids is 1. The van der Waals surface area contributed by atoms with Gasteiger partial charge in [-0.15, -0.1) is 0 Å². The highest BCUT2D eigenvalue weighted by molar-refractivity contribution is 7.89. The van der Waals surface area contributed by atoms with Crippen molar-refractivity contribution in [1.29, 1.82) is 5.26 Å². The summed E-state index contributed by atoms with van der Waals surface area (Å²) in [5.41, 5.74) is 0.204. The first-order valence-corrected chi connectivity index (χ1v) is 8.01. The molecule has 0 spiro atoms. The Labute approximate surface area is 125 Å². The Kier molecular flexibility index (Phi) is 5.88. The molecule has 0 aromatic heterocycles. The number of hydrogen-bond donors (Lipinski definition) is 0. The minimum absolute atomic E-state index is 0.121. The van der Waals surface area contributed by atoms with Crippen molar-refractivity contribution < 1.29 is 17.9 Å². The van der Waals surface area contributed by atoms with Crippen LogP contribution in [-0.2, 0) is 14.8 Å².